The fourth-order valence-corrected chi connectivity index (χ4v) is 3.71. The molecule has 0 radical (unpaired) electrons. The first kappa shape index (κ1) is 24.2. The number of aromatic nitrogens is 1. The Labute approximate surface area is 210 Å². The molecule has 0 spiro atoms. The molecule has 3 N–H and O–H groups in total. The molecule has 35 heavy (non-hydrogen) atoms. The normalized spacial score (nSPS) is 10.7. The minimum Gasteiger partial charge on any atom is -0.493 e. The van der Waals surface area contributed by atoms with Crippen molar-refractivity contribution in [2.24, 2.45) is 5.92 Å². The number of nitrogens with zero attached hydrogens (tertiary/aromatic N) is 1. The van der Waals surface area contributed by atoms with Gasteiger partial charge in [-0.15, -0.1) is 0 Å². The molecule has 0 bridgehead atoms. The minimum absolute atomic E-state index is 0.273. The van der Waals surface area contributed by atoms with Gasteiger partial charge in [0.15, 0.2) is 5.11 Å². The molecule has 0 saturated heterocycles. The van der Waals surface area contributed by atoms with Gasteiger partial charge in [-0.1, -0.05) is 68.4 Å². The van der Waals surface area contributed by atoms with Crippen molar-refractivity contribution >= 4 is 45.5 Å². The van der Waals surface area contributed by atoms with Gasteiger partial charge in [-0.25, -0.2) is 4.98 Å². The molecule has 0 atom stereocenters. The Morgan fingerprint density at radius 3 is 2.37 bits per heavy atom. The number of para-hydroxylation sites is 2. The summed E-state index contributed by atoms with van der Waals surface area (Å²) < 4.78 is 6.09. The van der Waals surface area contributed by atoms with Crippen molar-refractivity contribution in [3.63, 3.8) is 0 Å². The number of hydrogen-bond acceptors (Lipinski definition) is 4. The van der Waals surface area contributed by atoms with Gasteiger partial charge in [0.05, 0.1) is 17.8 Å². The zero-order valence-electron chi connectivity index (χ0n) is 19.7. The van der Waals surface area contributed by atoms with Crippen LogP contribution in [0.1, 0.15) is 29.9 Å². The molecule has 3 aromatic carbocycles. The summed E-state index contributed by atoms with van der Waals surface area (Å²) in [6, 6.07) is 26.9. The Morgan fingerprint density at radius 1 is 0.943 bits per heavy atom. The summed E-state index contributed by atoms with van der Waals surface area (Å²) in [5, 5.41) is 10.6. The van der Waals surface area contributed by atoms with Crippen LogP contribution in [0.4, 0.5) is 11.4 Å². The van der Waals surface area contributed by atoms with Crippen molar-refractivity contribution in [3.05, 3.63) is 96.2 Å². The van der Waals surface area contributed by atoms with Gasteiger partial charge in [-0.3, -0.25) is 4.79 Å². The average molecular weight is 485 g/mol. The maximum absolute atomic E-state index is 13.0. The topological polar surface area (TPSA) is 75.3 Å². The highest BCUT2D eigenvalue weighted by Gasteiger charge is 2.16. The highest BCUT2D eigenvalue weighted by molar-refractivity contribution is 7.80. The number of hydrogen-bond donors (Lipinski definition) is 3. The van der Waals surface area contributed by atoms with Gasteiger partial charge in [0, 0.05) is 23.7 Å². The third-order valence-corrected chi connectivity index (χ3v) is 5.39. The number of benzene rings is 3. The van der Waals surface area contributed by atoms with E-state index in [2.05, 4.69) is 29.8 Å². The molecule has 0 fully saturated rings. The fraction of sp³-hybridized carbons (Fsp3) is 0.179. The maximum atomic E-state index is 13.0. The zero-order valence-corrected chi connectivity index (χ0v) is 20.6. The Morgan fingerprint density at radius 2 is 1.66 bits per heavy atom. The summed E-state index contributed by atoms with van der Waals surface area (Å²) in [6.45, 7) is 5.09. The van der Waals surface area contributed by atoms with Crippen molar-refractivity contribution in [2.45, 2.75) is 20.4 Å². The third-order valence-electron chi connectivity index (χ3n) is 5.18. The van der Waals surface area contributed by atoms with Crippen molar-refractivity contribution in [1.29, 1.82) is 0 Å². The second kappa shape index (κ2) is 11.4. The number of thiocarbonyl (C=S) groups is 1. The quantitative estimate of drug-likeness (QED) is 0.266. The third kappa shape index (κ3) is 6.55. The molecule has 178 valence electrons. The van der Waals surface area contributed by atoms with E-state index in [4.69, 9.17) is 21.9 Å². The molecule has 6 nitrogen and oxygen atoms in total. The molecule has 1 heterocycles. The van der Waals surface area contributed by atoms with E-state index in [1.54, 1.807) is 6.07 Å². The predicted octanol–water partition coefficient (Wildman–Crippen LogP) is 6.01. The van der Waals surface area contributed by atoms with Gasteiger partial charge < -0.3 is 20.7 Å². The summed E-state index contributed by atoms with van der Waals surface area (Å²) in [7, 11) is 0. The van der Waals surface area contributed by atoms with Gasteiger partial charge in [0.1, 0.15) is 11.4 Å². The van der Waals surface area contributed by atoms with E-state index >= 15 is 0 Å². The van der Waals surface area contributed by atoms with Crippen LogP contribution in [0.5, 0.6) is 5.75 Å². The van der Waals surface area contributed by atoms with Crippen LogP contribution in [0, 0.1) is 5.92 Å². The number of amides is 1. The van der Waals surface area contributed by atoms with Gasteiger partial charge in [0.2, 0.25) is 0 Å². The summed E-state index contributed by atoms with van der Waals surface area (Å²) >= 11 is 5.52. The summed E-state index contributed by atoms with van der Waals surface area (Å²) in [5.41, 5.74) is 3.46. The standard InChI is InChI=1S/C28H28N4O2S/c1-19(2)18-34-25-16-24(27(33)29-17-20-10-5-3-6-11-20)31-26-22(25)14-9-15-23(26)32-28(35)30-21-12-7-4-8-13-21/h3-16,19H,17-18H2,1-2H3,(H,29,33)(H2,30,32,35). The van der Waals surface area contributed by atoms with Crippen molar-refractivity contribution in [3.8, 4) is 5.75 Å². The maximum Gasteiger partial charge on any atom is 0.270 e. The first-order valence-electron chi connectivity index (χ1n) is 11.5. The lowest BCUT2D eigenvalue weighted by atomic mass is 10.1. The SMILES string of the molecule is CC(C)COc1cc(C(=O)NCc2ccccc2)nc2c(NC(=S)Nc3ccccc3)cccc12. The van der Waals surface area contributed by atoms with Crippen LogP contribution in [0.2, 0.25) is 0 Å². The molecule has 0 saturated carbocycles. The van der Waals surface area contributed by atoms with E-state index in [0.717, 1.165) is 16.6 Å². The fourth-order valence-electron chi connectivity index (χ4n) is 3.49. The lowest BCUT2D eigenvalue weighted by Gasteiger charge is -2.16. The number of ether oxygens (including phenoxy) is 1. The summed E-state index contributed by atoms with van der Waals surface area (Å²) in [5.74, 6) is 0.668. The number of anilines is 2. The van der Waals surface area contributed by atoms with Crippen LogP contribution >= 0.6 is 12.2 Å². The van der Waals surface area contributed by atoms with Crippen LogP contribution in [0.3, 0.4) is 0 Å². The van der Waals surface area contributed by atoms with Gasteiger partial charge in [0.25, 0.3) is 5.91 Å². The lowest BCUT2D eigenvalue weighted by molar-refractivity contribution is 0.0945. The van der Waals surface area contributed by atoms with E-state index in [-0.39, 0.29) is 11.6 Å². The van der Waals surface area contributed by atoms with Crippen LogP contribution in [-0.4, -0.2) is 22.6 Å². The molecule has 0 aliphatic rings. The summed E-state index contributed by atoms with van der Waals surface area (Å²) in [4.78, 5) is 17.7. The van der Waals surface area contributed by atoms with E-state index in [0.29, 0.717) is 41.1 Å². The van der Waals surface area contributed by atoms with Gasteiger partial charge in [-0.05, 0) is 48.0 Å². The van der Waals surface area contributed by atoms with E-state index in [1.165, 1.54) is 0 Å². The molecule has 0 unspecified atom stereocenters. The first-order valence-corrected chi connectivity index (χ1v) is 11.9. The summed E-state index contributed by atoms with van der Waals surface area (Å²) in [6.07, 6.45) is 0. The minimum atomic E-state index is -0.273. The van der Waals surface area contributed by atoms with E-state index in [1.807, 2.05) is 78.9 Å². The van der Waals surface area contributed by atoms with Crippen molar-refractivity contribution in [2.75, 3.05) is 17.2 Å². The second-order valence-corrected chi connectivity index (χ2v) is 8.93. The molecule has 4 rings (SSSR count). The number of fused-ring (bicyclic) bond motifs is 1. The predicted molar refractivity (Wildman–Crippen MR) is 146 cm³/mol. The van der Waals surface area contributed by atoms with Crippen LogP contribution < -0.4 is 20.7 Å². The molecule has 0 aliphatic carbocycles. The Bertz CT molecular complexity index is 1310. The number of nitrogens with one attached hydrogen (secondary N) is 3. The van der Waals surface area contributed by atoms with Crippen LogP contribution in [0.25, 0.3) is 10.9 Å². The monoisotopic (exact) mass is 484 g/mol. The Balaban J connectivity index is 1.63. The van der Waals surface area contributed by atoms with Crippen LogP contribution in [-0.2, 0) is 6.54 Å². The molecule has 7 heteroatoms. The average Bonchev–Trinajstić information content (AvgIpc) is 2.87. The van der Waals surface area contributed by atoms with Gasteiger partial charge >= 0.3 is 0 Å². The number of carbonyl (C=O) groups excluding carboxylic acids is 1. The zero-order chi connectivity index (χ0) is 24.6. The first-order chi connectivity index (χ1) is 17.0. The van der Waals surface area contributed by atoms with Crippen LogP contribution in [0.15, 0.2) is 84.9 Å². The van der Waals surface area contributed by atoms with Crippen molar-refractivity contribution in [1.82, 2.24) is 10.3 Å². The molecule has 0 aliphatic heterocycles. The van der Waals surface area contributed by atoms with Gasteiger partial charge in [-0.2, -0.15) is 0 Å². The Hall–Kier alpha value is -3.97. The second-order valence-electron chi connectivity index (χ2n) is 8.53. The van der Waals surface area contributed by atoms with Crippen molar-refractivity contribution < 1.29 is 9.53 Å². The molecular weight excluding hydrogens is 456 g/mol. The Kier molecular flexibility index (Phi) is 7.90. The number of carbonyl (C=O) groups is 1. The molecular formula is C28H28N4O2S. The highest BCUT2D eigenvalue weighted by Crippen LogP contribution is 2.31. The smallest absolute Gasteiger partial charge is 0.270 e. The largest absolute Gasteiger partial charge is 0.493 e. The van der Waals surface area contributed by atoms with E-state index < -0.39 is 0 Å². The number of pyridine rings is 1. The number of rotatable bonds is 8. The molecule has 4 aromatic rings. The lowest BCUT2D eigenvalue weighted by Crippen LogP contribution is -2.24. The molecule has 1 amide bonds. The van der Waals surface area contributed by atoms with E-state index in [9.17, 15) is 4.79 Å². The molecule has 1 aromatic heterocycles. The highest BCUT2D eigenvalue weighted by atomic mass is 32.1.